The highest BCUT2D eigenvalue weighted by Crippen LogP contribution is 2.22. The standard InChI is InChI=1S/C15H13Cl/c1-11(9-12(2)16)14-8-7-13-5-3-4-6-15(13)10-14/h3-10H,2H2,1H3/b11-9+. The SMILES string of the molecule is C=C(Cl)/C=C(\C)c1ccc2ccccc2c1. The van der Waals surface area contributed by atoms with Gasteiger partial charge in [-0.05, 0) is 41.0 Å². The van der Waals surface area contributed by atoms with E-state index < -0.39 is 0 Å². The lowest BCUT2D eigenvalue weighted by molar-refractivity contribution is 1.60. The van der Waals surface area contributed by atoms with E-state index >= 15 is 0 Å². The molecular formula is C15H13Cl. The second-order valence-corrected chi connectivity index (χ2v) is 4.32. The fourth-order valence-corrected chi connectivity index (χ4v) is 1.92. The summed E-state index contributed by atoms with van der Waals surface area (Å²) in [5.41, 5.74) is 2.31. The number of allylic oxidation sites excluding steroid dienone is 3. The highest BCUT2D eigenvalue weighted by molar-refractivity contribution is 6.31. The Hall–Kier alpha value is -1.53. The molecule has 2 rings (SSSR count). The zero-order valence-corrected chi connectivity index (χ0v) is 9.96. The summed E-state index contributed by atoms with van der Waals surface area (Å²) >= 11 is 5.77. The smallest absolute Gasteiger partial charge is 0.0337 e. The Morgan fingerprint density at radius 1 is 1.12 bits per heavy atom. The van der Waals surface area contributed by atoms with Gasteiger partial charge in [-0.1, -0.05) is 54.6 Å². The summed E-state index contributed by atoms with van der Waals surface area (Å²) in [5, 5.41) is 3.06. The molecule has 1 heteroatoms. The molecule has 0 nitrogen and oxygen atoms in total. The van der Waals surface area contributed by atoms with E-state index in [1.165, 1.54) is 16.3 Å². The van der Waals surface area contributed by atoms with Crippen molar-refractivity contribution in [3.63, 3.8) is 0 Å². The van der Waals surface area contributed by atoms with Gasteiger partial charge in [-0.3, -0.25) is 0 Å². The number of halogens is 1. The van der Waals surface area contributed by atoms with Crippen molar-refractivity contribution in [2.24, 2.45) is 0 Å². The molecule has 0 N–H and O–H groups in total. The van der Waals surface area contributed by atoms with Crippen molar-refractivity contribution in [1.82, 2.24) is 0 Å². The van der Waals surface area contributed by atoms with Crippen LogP contribution in [0, 0.1) is 0 Å². The molecule has 0 aliphatic carbocycles. The largest absolute Gasteiger partial charge is 0.0850 e. The Balaban J connectivity index is 2.51. The maximum Gasteiger partial charge on any atom is 0.0337 e. The van der Waals surface area contributed by atoms with E-state index in [1.807, 2.05) is 25.1 Å². The third-order valence-corrected chi connectivity index (χ3v) is 2.69. The van der Waals surface area contributed by atoms with Crippen LogP contribution in [0.5, 0.6) is 0 Å². The molecule has 16 heavy (non-hydrogen) atoms. The highest BCUT2D eigenvalue weighted by Gasteiger charge is 1.98. The van der Waals surface area contributed by atoms with E-state index in [2.05, 4.69) is 36.9 Å². The summed E-state index contributed by atoms with van der Waals surface area (Å²) < 4.78 is 0. The first-order chi connectivity index (χ1) is 7.66. The molecular weight excluding hydrogens is 216 g/mol. The molecule has 0 radical (unpaired) electrons. The number of fused-ring (bicyclic) bond motifs is 1. The number of hydrogen-bond donors (Lipinski definition) is 0. The molecule has 0 atom stereocenters. The predicted octanol–water partition coefficient (Wildman–Crippen LogP) is 5.00. The van der Waals surface area contributed by atoms with E-state index in [4.69, 9.17) is 11.6 Å². The van der Waals surface area contributed by atoms with Crippen LogP contribution in [-0.4, -0.2) is 0 Å². The zero-order valence-electron chi connectivity index (χ0n) is 9.20. The first-order valence-corrected chi connectivity index (χ1v) is 5.56. The van der Waals surface area contributed by atoms with Crippen molar-refractivity contribution in [3.05, 3.63) is 65.7 Å². The van der Waals surface area contributed by atoms with Gasteiger partial charge in [0.15, 0.2) is 0 Å². The molecule has 0 amide bonds. The molecule has 0 fully saturated rings. The third-order valence-electron chi connectivity index (χ3n) is 2.58. The minimum Gasteiger partial charge on any atom is -0.0850 e. The van der Waals surface area contributed by atoms with Crippen LogP contribution < -0.4 is 0 Å². The van der Waals surface area contributed by atoms with Gasteiger partial charge in [-0.15, -0.1) is 0 Å². The lowest BCUT2D eigenvalue weighted by atomic mass is 10.0. The Bertz CT molecular complexity index is 564. The molecule has 0 saturated heterocycles. The van der Waals surface area contributed by atoms with Crippen LogP contribution in [0.3, 0.4) is 0 Å². The summed E-state index contributed by atoms with van der Waals surface area (Å²) in [4.78, 5) is 0. The van der Waals surface area contributed by atoms with E-state index in [0.29, 0.717) is 5.03 Å². The van der Waals surface area contributed by atoms with Gasteiger partial charge in [-0.2, -0.15) is 0 Å². The average Bonchev–Trinajstić information content (AvgIpc) is 2.27. The fraction of sp³-hybridized carbons (Fsp3) is 0.0667. The van der Waals surface area contributed by atoms with Crippen molar-refractivity contribution in [2.45, 2.75) is 6.92 Å². The van der Waals surface area contributed by atoms with Gasteiger partial charge in [0.2, 0.25) is 0 Å². The van der Waals surface area contributed by atoms with Crippen LogP contribution in [0.25, 0.3) is 16.3 Å². The summed E-state index contributed by atoms with van der Waals surface area (Å²) in [7, 11) is 0. The molecule has 2 aromatic carbocycles. The van der Waals surface area contributed by atoms with Crippen LogP contribution >= 0.6 is 11.6 Å². The molecule has 0 aliphatic rings. The number of benzene rings is 2. The van der Waals surface area contributed by atoms with Crippen molar-refractivity contribution in [3.8, 4) is 0 Å². The maximum absolute atomic E-state index is 5.77. The fourth-order valence-electron chi connectivity index (χ4n) is 1.75. The summed E-state index contributed by atoms with van der Waals surface area (Å²) in [5.74, 6) is 0. The minimum absolute atomic E-state index is 0.561. The molecule has 0 aromatic heterocycles. The summed E-state index contributed by atoms with van der Waals surface area (Å²) in [6.07, 6.45) is 1.88. The molecule has 0 heterocycles. The van der Waals surface area contributed by atoms with Crippen molar-refractivity contribution < 1.29 is 0 Å². The Morgan fingerprint density at radius 2 is 1.81 bits per heavy atom. The van der Waals surface area contributed by atoms with Gasteiger partial charge < -0.3 is 0 Å². The average molecular weight is 229 g/mol. The molecule has 0 spiro atoms. The molecule has 2 aromatic rings. The van der Waals surface area contributed by atoms with Crippen molar-refractivity contribution >= 4 is 27.9 Å². The molecule has 0 saturated carbocycles. The molecule has 80 valence electrons. The van der Waals surface area contributed by atoms with Crippen molar-refractivity contribution in [1.29, 1.82) is 0 Å². The topological polar surface area (TPSA) is 0 Å². The van der Waals surface area contributed by atoms with Gasteiger partial charge >= 0.3 is 0 Å². The van der Waals surface area contributed by atoms with Crippen LogP contribution in [0.2, 0.25) is 0 Å². The first kappa shape index (κ1) is 11.0. The Morgan fingerprint density at radius 3 is 2.50 bits per heavy atom. The molecule has 0 bridgehead atoms. The zero-order chi connectivity index (χ0) is 11.5. The normalized spacial score (nSPS) is 11.8. The van der Waals surface area contributed by atoms with Gasteiger partial charge in [0.1, 0.15) is 0 Å². The minimum atomic E-state index is 0.561. The Kier molecular flexibility index (Phi) is 3.12. The van der Waals surface area contributed by atoms with E-state index in [-0.39, 0.29) is 0 Å². The first-order valence-electron chi connectivity index (χ1n) is 5.19. The van der Waals surface area contributed by atoms with Crippen molar-refractivity contribution in [2.75, 3.05) is 0 Å². The molecule has 0 aliphatic heterocycles. The third kappa shape index (κ3) is 2.34. The van der Waals surface area contributed by atoms with Crippen LogP contribution in [0.4, 0.5) is 0 Å². The lowest BCUT2D eigenvalue weighted by Crippen LogP contribution is -1.80. The quantitative estimate of drug-likeness (QED) is 0.635. The second kappa shape index (κ2) is 4.54. The molecule has 0 unspecified atom stereocenters. The highest BCUT2D eigenvalue weighted by atomic mass is 35.5. The van der Waals surface area contributed by atoms with Crippen LogP contribution in [0.1, 0.15) is 12.5 Å². The Labute approximate surface area is 101 Å². The predicted molar refractivity (Wildman–Crippen MR) is 72.6 cm³/mol. The van der Waals surface area contributed by atoms with E-state index in [1.54, 1.807) is 0 Å². The number of hydrogen-bond acceptors (Lipinski definition) is 0. The van der Waals surface area contributed by atoms with E-state index in [9.17, 15) is 0 Å². The summed E-state index contributed by atoms with van der Waals surface area (Å²) in [6.45, 7) is 5.71. The van der Waals surface area contributed by atoms with E-state index in [0.717, 1.165) is 5.57 Å². The number of rotatable bonds is 2. The summed E-state index contributed by atoms with van der Waals surface area (Å²) in [6, 6.07) is 14.7. The van der Waals surface area contributed by atoms with Gasteiger partial charge in [-0.25, -0.2) is 0 Å². The monoisotopic (exact) mass is 228 g/mol. The van der Waals surface area contributed by atoms with Crippen LogP contribution in [0.15, 0.2) is 60.2 Å². The second-order valence-electron chi connectivity index (χ2n) is 3.84. The maximum atomic E-state index is 5.77. The van der Waals surface area contributed by atoms with Gasteiger partial charge in [0.25, 0.3) is 0 Å². The van der Waals surface area contributed by atoms with Gasteiger partial charge in [0.05, 0.1) is 0 Å². The van der Waals surface area contributed by atoms with Gasteiger partial charge in [0, 0.05) is 5.03 Å². The van der Waals surface area contributed by atoms with Crippen LogP contribution in [-0.2, 0) is 0 Å². The lowest BCUT2D eigenvalue weighted by Gasteiger charge is -2.04.